The summed E-state index contributed by atoms with van der Waals surface area (Å²) in [7, 11) is 1.25. The molecule has 2 rings (SSSR count). The lowest BCUT2D eigenvalue weighted by molar-refractivity contribution is -0.139. The number of benzene rings is 2. The normalized spacial score (nSPS) is 10.0. The van der Waals surface area contributed by atoms with E-state index < -0.39 is 11.9 Å². The van der Waals surface area contributed by atoms with Crippen LogP contribution in [0.25, 0.3) is 0 Å². The van der Waals surface area contributed by atoms with Crippen LogP contribution in [-0.4, -0.2) is 31.4 Å². The molecule has 25 heavy (non-hydrogen) atoms. The van der Waals surface area contributed by atoms with Crippen molar-refractivity contribution in [3.63, 3.8) is 0 Å². The van der Waals surface area contributed by atoms with Gasteiger partial charge in [-0.1, -0.05) is 23.7 Å². The average Bonchev–Trinajstić information content (AvgIpc) is 2.62. The first-order valence-electron chi connectivity index (χ1n) is 7.47. The first-order chi connectivity index (χ1) is 12.0. The molecule has 0 saturated heterocycles. The van der Waals surface area contributed by atoms with Crippen LogP contribution < -0.4 is 10.6 Å². The van der Waals surface area contributed by atoms with Crippen LogP contribution in [0.2, 0.25) is 5.02 Å². The summed E-state index contributed by atoms with van der Waals surface area (Å²) in [5.74, 6) is -1.10. The quantitative estimate of drug-likeness (QED) is 0.775. The summed E-state index contributed by atoms with van der Waals surface area (Å²) in [6, 6.07) is 13.4. The van der Waals surface area contributed by atoms with Gasteiger partial charge in [-0.25, -0.2) is 0 Å². The SMILES string of the molecule is COC(=O)CNC(=O)c1ccc(NC(=O)Cc2ccc(Cl)cc2)cc1. The van der Waals surface area contributed by atoms with Crippen molar-refractivity contribution in [3.05, 3.63) is 64.7 Å². The van der Waals surface area contributed by atoms with Crippen LogP contribution in [0.15, 0.2) is 48.5 Å². The molecule has 2 aromatic rings. The number of ether oxygens (including phenoxy) is 1. The Balaban J connectivity index is 1.88. The van der Waals surface area contributed by atoms with Gasteiger partial charge in [-0.05, 0) is 42.0 Å². The van der Waals surface area contributed by atoms with Gasteiger partial charge in [0.05, 0.1) is 13.5 Å². The lowest BCUT2D eigenvalue weighted by Gasteiger charge is -2.07. The van der Waals surface area contributed by atoms with E-state index in [4.69, 9.17) is 11.6 Å². The number of rotatable bonds is 6. The van der Waals surface area contributed by atoms with Crippen LogP contribution in [0, 0.1) is 0 Å². The van der Waals surface area contributed by atoms with Crippen molar-refractivity contribution in [2.24, 2.45) is 0 Å². The standard InChI is InChI=1S/C18H17ClN2O4/c1-25-17(23)11-20-18(24)13-4-8-15(9-5-13)21-16(22)10-12-2-6-14(19)7-3-12/h2-9H,10-11H2,1H3,(H,20,24)(H,21,22). The number of halogens is 1. The number of methoxy groups -OCH3 is 1. The molecule has 0 unspecified atom stereocenters. The third-order valence-corrected chi connectivity index (χ3v) is 3.58. The molecule has 0 atom stereocenters. The van der Waals surface area contributed by atoms with Crippen LogP contribution in [0.1, 0.15) is 15.9 Å². The Bertz CT molecular complexity index is 758. The second kappa shape index (κ2) is 8.84. The molecule has 0 heterocycles. The number of carbonyl (C=O) groups excluding carboxylic acids is 3. The van der Waals surface area contributed by atoms with E-state index in [-0.39, 0.29) is 18.9 Å². The van der Waals surface area contributed by atoms with E-state index in [1.807, 2.05) is 0 Å². The van der Waals surface area contributed by atoms with Gasteiger partial charge in [-0.15, -0.1) is 0 Å². The minimum Gasteiger partial charge on any atom is -0.468 e. The molecular formula is C18H17ClN2O4. The predicted octanol–water partition coefficient (Wildman–Crippen LogP) is 2.42. The highest BCUT2D eigenvalue weighted by Crippen LogP contribution is 2.12. The summed E-state index contributed by atoms with van der Waals surface area (Å²) >= 11 is 5.81. The number of hydrogen-bond acceptors (Lipinski definition) is 4. The van der Waals surface area contributed by atoms with E-state index in [0.29, 0.717) is 16.3 Å². The maximum Gasteiger partial charge on any atom is 0.325 e. The second-order valence-electron chi connectivity index (χ2n) is 5.19. The van der Waals surface area contributed by atoms with E-state index in [9.17, 15) is 14.4 Å². The molecule has 7 heteroatoms. The number of hydrogen-bond donors (Lipinski definition) is 2. The zero-order valence-corrected chi connectivity index (χ0v) is 14.3. The number of amides is 2. The Kier molecular flexibility index (Phi) is 6.54. The van der Waals surface area contributed by atoms with Crippen LogP contribution in [-0.2, 0) is 20.7 Å². The minimum absolute atomic E-state index is 0.176. The van der Waals surface area contributed by atoms with Gasteiger partial charge < -0.3 is 15.4 Å². The average molecular weight is 361 g/mol. The zero-order chi connectivity index (χ0) is 18.2. The van der Waals surface area contributed by atoms with Gasteiger partial charge in [0.15, 0.2) is 0 Å². The molecule has 130 valence electrons. The third kappa shape index (κ3) is 5.93. The monoisotopic (exact) mass is 360 g/mol. The Labute approximate surface area is 150 Å². The van der Waals surface area contributed by atoms with Crippen LogP contribution >= 0.6 is 11.6 Å². The summed E-state index contributed by atoms with van der Waals surface area (Å²) in [6.45, 7) is -0.199. The van der Waals surface area contributed by atoms with Crippen molar-refractivity contribution >= 4 is 35.1 Å². The van der Waals surface area contributed by atoms with E-state index in [1.165, 1.54) is 7.11 Å². The molecular weight excluding hydrogens is 344 g/mol. The van der Waals surface area contributed by atoms with Crippen LogP contribution in [0.5, 0.6) is 0 Å². The highest BCUT2D eigenvalue weighted by Gasteiger charge is 2.09. The topological polar surface area (TPSA) is 84.5 Å². The molecule has 0 spiro atoms. The van der Waals surface area contributed by atoms with Gasteiger partial charge in [0, 0.05) is 16.3 Å². The number of anilines is 1. The first kappa shape index (κ1) is 18.5. The van der Waals surface area contributed by atoms with Crippen molar-refractivity contribution < 1.29 is 19.1 Å². The van der Waals surface area contributed by atoms with E-state index in [1.54, 1.807) is 48.5 Å². The lowest BCUT2D eigenvalue weighted by Crippen LogP contribution is -2.30. The summed E-state index contributed by atoms with van der Waals surface area (Å²) in [5.41, 5.74) is 1.80. The molecule has 0 aliphatic heterocycles. The molecule has 0 aromatic heterocycles. The Hall–Kier alpha value is -2.86. The van der Waals surface area contributed by atoms with E-state index >= 15 is 0 Å². The number of carbonyl (C=O) groups is 3. The Morgan fingerprint density at radius 2 is 1.64 bits per heavy atom. The van der Waals surface area contributed by atoms with Crippen LogP contribution in [0.3, 0.4) is 0 Å². The summed E-state index contributed by atoms with van der Waals surface area (Å²) in [5, 5.41) is 5.80. The maximum absolute atomic E-state index is 12.0. The number of esters is 1. The fraction of sp³-hybridized carbons (Fsp3) is 0.167. The highest BCUT2D eigenvalue weighted by molar-refractivity contribution is 6.30. The molecule has 0 saturated carbocycles. The van der Waals surface area contributed by atoms with Gasteiger partial charge >= 0.3 is 5.97 Å². The third-order valence-electron chi connectivity index (χ3n) is 3.33. The fourth-order valence-corrected chi connectivity index (χ4v) is 2.15. The maximum atomic E-state index is 12.0. The van der Waals surface area contributed by atoms with Crippen LogP contribution in [0.4, 0.5) is 5.69 Å². The molecule has 0 radical (unpaired) electrons. The van der Waals surface area contributed by atoms with Crippen molar-refractivity contribution in [2.45, 2.75) is 6.42 Å². The molecule has 6 nitrogen and oxygen atoms in total. The van der Waals surface area contributed by atoms with Gasteiger partial charge in [0.25, 0.3) is 5.91 Å². The summed E-state index contributed by atoms with van der Waals surface area (Å²) < 4.78 is 4.45. The van der Waals surface area contributed by atoms with Crippen molar-refractivity contribution in [1.82, 2.24) is 5.32 Å². The molecule has 0 bridgehead atoms. The minimum atomic E-state index is -0.528. The second-order valence-corrected chi connectivity index (χ2v) is 5.62. The van der Waals surface area contributed by atoms with E-state index in [0.717, 1.165) is 5.56 Å². The fourth-order valence-electron chi connectivity index (χ4n) is 2.02. The Morgan fingerprint density at radius 1 is 1.00 bits per heavy atom. The van der Waals surface area contributed by atoms with E-state index in [2.05, 4.69) is 15.4 Å². The smallest absolute Gasteiger partial charge is 0.325 e. The molecule has 2 aromatic carbocycles. The first-order valence-corrected chi connectivity index (χ1v) is 7.85. The van der Waals surface area contributed by atoms with Gasteiger partial charge in [0.2, 0.25) is 5.91 Å². The predicted molar refractivity (Wildman–Crippen MR) is 94.6 cm³/mol. The zero-order valence-electron chi connectivity index (χ0n) is 13.5. The number of nitrogens with one attached hydrogen (secondary N) is 2. The molecule has 0 fully saturated rings. The molecule has 2 amide bonds. The van der Waals surface area contributed by atoms with Crippen molar-refractivity contribution in [2.75, 3.05) is 19.0 Å². The summed E-state index contributed by atoms with van der Waals surface area (Å²) in [4.78, 5) is 34.9. The largest absolute Gasteiger partial charge is 0.468 e. The highest BCUT2D eigenvalue weighted by atomic mass is 35.5. The molecule has 2 N–H and O–H groups in total. The van der Waals surface area contributed by atoms with Gasteiger partial charge in [0.1, 0.15) is 6.54 Å². The van der Waals surface area contributed by atoms with Gasteiger partial charge in [-0.2, -0.15) is 0 Å². The Morgan fingerprint density at radius 3 is 2.24 bits per heavy atom. The summed E-state index contributed by atoms with van der Waals surface area (Å²) in [6.07, 6.45) is 0.221. The molecule has 0 aliphatic rings. The van der Waals surface area contributed by atoms with Gasteiger partial charge in [-0.3, -0.25) is 14.4 Å². The molecule has 0 aliphatic carbocycles. The lowest BCUT2D eigenvalue weighted by atomic mass is 10.1. The van der Waals surface area contributed by atoms with Crippen molar-refractivity contribution in [1.29, 1.82) is 0 Å². The van der Waals surface area contributed by atoms with Crippen molar-refractivity contribution in [3.8, 4) is 0 Å².